The van der Waals surface area contributed by atoms with E-state index in [0.29, 0.717) is 11.0 Å². The zero-order valence-electron chi connectivity index (χ0n) is 20.0. The Balaban J connectivity index is 1.47. The van der Waals surface area contributed by atoms with Gasteiger partial charge >= 0.3 is 0 Å². The van der Waals surface area contributed by atoms with Crippen LogP contribution in [0.2, 0.25) is 0 Å². The average Bonchev–Trinajstić information content (AvgIpc) is 3.33. The molecule has 0 bridgehead atoms. The van der Waals surface area contributed by atoms with Gasteiger partial charge in [0.15, 0.2) is 22.5 Å². The Labute approximate surface area is 214 Å². The van der Waals surface area contributed by atoms with E-state index in [2.05, 4.69) is 25.6 Å². The number of alkyl halides is 2. The summed E-state index contributed by atoms with van der Waals surface area (Å²) >= 11 is 1.37. The number of piperidine rings is 1. The van der Waals surface area contributed by atoms with E-state index in [-0.39, 0.29) is 22.9 Å². The van der Waals surface area contributed by atoms with Gasteiger partial charge in [-0.2, -0.15) is 0 Å². The first-order valence-corrected chi connectivity index (χ1v) is 12.7. The van der Waals surface area contributed by atoms with Gasteiger partial charge in [0, 0.05) is 22.9 Å². The van der Waals surface area contributed by atoms with Gasteiger partial charge in [-0.15, -0.1) is 11.3 Å². The standard InChI is InChI=1S/C24H24F4N6O2S/c1-11(2)34-17-8-13(7-14(25)19(17)36-20(21(27)28)22(34)35)18-15(26)9-30-23(32-18)33-24-31-16(10-37-24)12-3-5-29-6-4-12/h7-12,20-21,29H,3-6H2,1-2H3,(H,30,31,32,33). The molecule has 5 rings (SSSR count). The van der Waals surface area contributed by atoms with Crippen LogP contribution in [0, 0.1) is 11.6 Å². The smallest absolute Gasteiger partial charge is 0.283 e. The fourth-order valence-electron chi connectivity index (χ4n) is 4.51. The number of aromatic nitrogens is 3. The van der Waals surface area contributed by atoms with Crippen molar-refractivity contribution in [1.82, 2.24) is 20.3 Å². The van der Waals surface area contributed by atoms with Crippen molar-refractivity contribution in [3.05, 3.63) is 41.0 Å². The summed E-state index contributed by atoms with van der Waals surface area (Å²) in [5.74, 6) is -2.95. The third-order valence-corrected chi connectivity index (χ3v) is 7.05. The second kappa shape index (κ2) is 10.2. The Hall–Kier alpha value is -3.32. The second-order valence-electron chi connectivity index (χ2n) is 9.10. The quantitative estimate of drug-likeness (QED) is 0.435. The lowest BCUT2D eigenvalue weighted by atomic mass is 9.96. The van der Waals surface area contributed by atoms with Gasteiger partial charge in [0.05, 0.1) is 17.6 Å². The van der Waals surface area contributed by atoms with E-state index in [1.807, 2.05) is 5.38 Å². The van der Waals surface area contributed by atoms with Crippen molar-refractivity contribution in [2.24, 2.45) is 0 Å². The van der Waals surface area contributed by atoms with E-state index in [1.54, 1.807) is 13.8 Å². The summed E-state index contributed by atoms with van der Waals surface area (Å²) in [6.45, 7) is 5.06. The summed E-state index contributed by atoms with van der Waals surface area (Å²) in [5.41, 5.74) is 0.646. The van der Waals surface area contributed by atoms with Crippen LogP contribution in [-0.2, 0) is 4.79 Å². The van der Waals surface area contributed by atoms with Crippen molar-refractivity contribution in [3.63, 3.8) is 0 Å². The number of hydrogen-bond acceptors (Lipinski definition) is 8. The van der Waals surface area contributed by atoms with Crippen LogP contribution in [0.25, 0.3) is 11.3 Å². The highest BCUT2D eigenvalue weighted by Gasteiger charge is 2.43. The Morgan fingerprint density at radius 3 is 2.62 bits per heavy atom. The number of halogens is 4. The minimum atomic E-state index is -3.14. The van der Waals surface area contributed by atoms with Crippen LogP contribution < -0.4 is 20.3 Å². The van der Waals surface area contributed by atoms with E-state index in [0.717, 1.165) is 48.8 Å². The molecule has 0 saturated carbocycles. The largest absolute Gasteiger partial charge is 0.469 e. The summed E-state index contributed by atoms with van der Waals surface area (Å²) in [5, 5.41) is 8.78. The number of hydrogen-bond donors (Lipinski definition) is 2. The summed E-state index contributed by atoms with van der Waals surface area (Å²) in [7, 11) is 0. The number of amides is 1. The number of anilines is 3. The predicted molar refractivity (Wildman–Crippen MR) is 131 cm³/mol. The summed E-state index contributed by atoms with van der Waals surface area (Å²) < 4.78 is 61.7. The molecule has 1 atom stereocenters. The summed E-state index contributed by atoms with van der Waals surface area (Å²) in [6, 6.07) is 1.65. The van der Waals surface area contributed by atoms with Crippen LogP contribution in [0.3, 0.4) is 0 Å². The van der Waals surface area contributed by atoms with Gasteiger partial charge in [-0.05, 0) is 51.9 Å². The molecule has 1 aromatic carbocycles. The molecule has 1 unspecified atom stereocenters. The Kier molecular flexibility index (Phi) is 6.99. The molecule has 2 N–H and O–H groups in total. The Bertz CT molecular complexity index is 1310. The molecule has 3 aromatic rings. The third kappa shape index (κ3) is 4.97. The fourth-order valence-corrected chi connectivity index (χ4v) is 5.30. The molecule has 0 radical (unpaired) electrons. The highest BCUT2D eigenvalue weighted by Crippen LogP contribution is 2.42. The summed E-state index contributed by atoms with van der Waals surface area (Å²) in [6.07, 6.45) is -2.35. The molecular weight excluding hydrogens is 512 g/mol. The predicted octanol–water partition coefficient (Wildman–Crippen LogP) is 4.86. The highest BCUT2D eigenvalue weighted by molar-refractivity contribution is 7.13. The molecule has 8 nitrogen and oxygen atoms in total. The van der Waals surface area contributed by atoms with Crippen LogP contribution in [0.15, 0.2) is 23.7 Å². The molecular formula is C24H24F4N6O2S. The molecule has 1 saturated heterocycles. The number of carbonyl (C=O) groups is 1. The van der Waals surface area contributed by atoms with E-state index in [1.165, 1.54) is 17.4 Å². The number of benzene rings is 1. The Morgan fingerprint density at radius 1 is 1.16 bits per heavy atom. The number of nitrogens with zero attached hydrogens (tertiary/aromatic N) is 4. The third-order valence-electron chi connectivity index (χ3n) is 6.27. The van der Waals surface area contributed by atoms with Gasteiger partial charge in [0.2, 0.25) is 12.1 Å². The van der Waals surface area contributed by atoms with Crippen LogP contribution >= 0.6 is 11.3 Å². The molecule has 4 heterocycles. The van der Waals surface area contributed by atoms with Crippen LogP contribution in [0.1, 0.15) is 38.3 Å². The van der Waals surface area contributed by atoms with Crippen molar-refractivity contribution in [3.8, 4) is 17.0 Å². The molecule has 1 amide bonds. The van der Waals surface area contributed by atoms with Gasteiger partial charge in [0.1, 0.15) is 5.69 Å². The maximum absolute atomic E-state index is 15.1. The fraction of sp³-hybridized carbons (Fsp3) is 0.417. The van der Waals surface area contributed by atoms with Crippen LogP contribution in [0.5, 0.6) is 5.75 Å². The Morgan fingerprint density at radius 2 is 1.92 bits per heavy atom. The van der Waals surface area contributed by atoms with Crippen molar-refractivity contribution >= 4 is 34.0 Å². The lowest BCUT2D eigenvalue weighted by Crippen LogP contribution is -2.52. The first-order valence-electron chi connectivity index (χ1n) is 11.8. The van der Waals surface area contributed by atoms with Gasteiger partial charge in [-0.1, -0.05) is 0 Å². The van der Waals surface area contributed by atoms with E-state index < -0.39 is 41.9 Å². The molecule has 196 valence electrons. The van der Waals surface area contributed by atoms with Gasteiger partial charge in [0.25, 0.3) is 12.3 Å². The topological polar surface area (TPSA) is 92.3 Å². The number of rotatable bonds is 6. The highest BCUT2D eigenvalue weighted by atomic mass is 32.1. The number of thiazole rings is 1. The van der Waals surface area contributed by atoms with E-state index in [4.69, 9.17) is 4.74 Å². The van der Waals surface area contributed by atoms with Crippen molar-refractivity contribution < 1.29 is 27.1 Å². The zero-order chi connectivity index (χ0) is 26.3. The first kappa shape index (κ1) is 25.3. The molecule has 0 aliphatic carbocycles. The van der Waals surface area contributed by atoms with Crippen molar-refractivity contribution in [1.29, 1.82) is 0 Å². The molecule has 2 aliphatic heterocycles. The number of fused-ring (bicyclic) bond motifs is 1. The van der Waals surface area contributed by atoms with Gasteiger partial charge < -0.3 is 20.3 Å². The average molecular weight is 537 g/mol. The SMILES string of the molecule is CC(C)N1C(=O)C(C(F)F)Oc2c(F)cc(-c3nc(Nc4nc(C5CCNCC5)cs4)ncc3F)cc21. The lowest BCUT2D eigenvalue weighted by Gasteiger charge is -2.36. The zero-order valence-corrected chi connectivity index (χ0v) is 20.8. The van der Waals surface area contributed by atoms with E-state index >= 15 is 4.39 Å². The molecule has 2 aliphatic rings. The van der Waals surface area contributed by atoms with E-state index in [9.17, 15) is 18.0 Å². The molecule has 37 heavy (non-hydrogen) atoms. The maximum Gasteiger partial charge on any atom is 0.283 e. The first-order chi connectivity index (χ1) is 17.7. The molecule has 0 spiro atoms. The molecule has 1 fully saturated rings. The monoisotopic (exact) mass is 536 g/mol. The lowest BCUT2D eigenvalue weighted by molar-refractivity contribution is -0.133. The summed E-state index contributed by atoms with van der Waals surface area (Å²) in [4.78, 5) is 26.5. The van der Waals surface area contributed by atoms with Crippen LogP contribution in [0.4, 0.5) is 34.3 Å². The number of ether oxygens (including phenoxy) is 1. The second-order valence-corrected chi connectivity index (χ2v) is 9.96. The number of carbonyl (C=O) groups excluding carboxylic acids is 1. The minimum Gasteiger partial charge on any atom is -0.469 e. The van der Waals surface area contributed by atoms with Crippen molar-refractivity contribution in [2.45, 2.75) is 51.2 Å². The van der Waals surface area contributed by atoms with Crippen LogP contribution in [-0.4, -0.2) is 52.5 Å². The van der Waals surface area contributed by atoms with Gasteiger partial charge in [-0.3, -0.25) is 4.79 Å². The van der Waals surface area contributed by atoms with Crippen molar-refractivity contribution in [2.75, 3.05) is 23.3 Å². The minimum absolute atomic E-state index is 0.00807. The van der Waals surface area contributed by atoms with Gasteiger partial charge in [-0.25, -0.2) is 32.5 Å². The number of nitrogens with one attached hydrogen (secondary N) is 2. The maximum atomic E-state index is 15.1. The normalized spacial score (nSPS) is 18.3. The molecule has 2 aromatic heterocycles. The molecule has 13 heteroatoms.